The van der Waals surface area contributed by atoms with Crippen LogP contribution in [0, 0.1) is 19.8 Å². The summed E-state index contributed by atoms with van der Waals surface area (Å²) >= 11 is 0. The summed E-state index contributed by atoms with van der Waals surface area (Å²) in [7, 11) is 0. The van der Waals surface area contributed by atoms with Crippen molar-refractivity contribution < 1.29 is 10.2 Å². The van der Waals surface area contributed by atoms with E-state index in [1.165, 1.54) is 11.1 Å². The molecule has 18 heavy (non-hydrogen) atoms. The second-order valence-corrected chi connectivity index (χ2v) is 5.21. The quantitative estimate of drug-likeness (QED) is 0.815. The first kappa shape index (κ1) is 15.2. The van der Waals surface area contributed by atoms with Crippen LogP contribution in [0.25, 0.3) is 0 Å². The predicted octanol–water partition coefficient (Wildman–Crippen LogP) is 3.00. The summed E-state index contributed by atoms with van der Waals surface area (Å²) in [4.78, 5) is 0. The molecule has 0 radical (unpaired) electrons. The highest BCUT2D eigenvalue weighted by molar-refractivity contribution is 5.34. The zero-order valence-corrected chi connectivity index (χ0v) is 12.0. The van der Waals surface area contributed by atoms with Gasteiger partial charge in [0.1, 0.15) is 0 Å². The minimum atomic E-state index is -0.672. The highest BCUT2D eigenvalue weighted by atomic mass is 16.3. The molecule has 2 nitrogen and oxygen atoms in total. The fraction of sp³-hybridized carbons (Fsp3) is 0.625. The summed E-state index contributed by atoms with van der Waals surface area (Å²) < 4.78 is 0. The molecule has 0 aliphatic rings. The van der Waals surface area contributed by atoms with Gasteiger partial charge in [-0.25, -0.2) is 0 Å². The second-order valence-electron chi connectivity index (χ2n) is 5.21. The van der Waals surface area contributed by atoms with Crippen LogP contribution in [0.5, 0.6) is 0 Å². The van der Waals surface area contributed by atoms with E-state index in [0.29, 0.717) is 6.42 Å². The van der Waals surface area contributed by atoms with E-state index in [2.05, 4.69) is 39.8 Å². The van der Waals surface area contributed by atoms with E-state index in [0.717, 1.165) is 18.4 Å². The van der Waals surface area contributed by atoms with Gasteiger partial charge < -0.3 is 10.2 Å². The van der Waals surface area contributed by atoms with Gasteiger partial charge in [-0.05, 0) is 36.5 Å². The number of hydrogen-bond donors (Lipinski definition) is 2. The highest BCUT2D eigenvalue weighted by Crippen LogP contribution is 2.21. The van der Waals surface area contributed by atoms with Crippen molar-refractivity contribution in [1.29, 1.82) is 0 Å². The maximum absolute atomic E-state index is 10.2. The van der Waals surface area contributed by atoms with E-state index >= 15 is 0 Å². The Morgan fingerprint density at radius 3 is 1.94 bits per heavy atom. The van der Waals surface area contributed by atoms with Gasteiger partial charge in [0.25, 0.3) is 0 Å². The van der Waals surface area contributed by atoms with Crippen molar-refractivity contribution in [2.45, 2.75) is 59.2 Å². The van der Waals surface area contributed by atoms with Gasteiger partial charge in [0, 0.05) is 6.42 Å². The third-order valence-electron chi connectivity index (χ3n) is 3.98. The SMILES string of the molecule is CCC(CC)C(O)C(O)Cc1c(C)cccc1C. The van der Waals surface area contributed by atoms with E-state index in [1.807, 2.05) is 6.07 Å². The summed E-state index contributed by atoms with van der Waals surface area (Å²) in [5.41, 5.74) is 3.53. The molecular formula is C16H26O2. The molecule has 0 bridgehead atoms. The molecule has 2 unspecified atom stereocenters. The molecule has 1 aromatic rings. The second kappa shape index (κ2) is 6.91. The summed E-state index contributed by atoms with van der Waals surface area (Å²) in [5, 5.41) is 20.4. The van der Waals surface area contributed by atoms with Gasteiger partial charge in [-0.15, -0.1) is 0 Å². The van der Waals surface area contributed by atoms with Crippen LogP contribution in [0.3, 0.4) is 0 Å². The van der Waals surface area contributed by atoms with E-state index in [4.69, 9.17) is 0 Å². The number of aliphatic hydroxyl groups is 2. The fourth-order valence-corrected chi connectivity index (χ4v) is 2.59. The van der Waals surface area contributed by atoms with Crippen LogP contribution < -0.4 is 0 Å². The van der Waals surface area contributed by atoms with Gasteiger partial charge >= 0.3 is 0 Å². The molecule has 0 aromatic heterocycles. The Bertz CT molecular complexity index is 349. The van der Waals surface area contributed by atoms with Crippen LogP contribution in [0.15, 0.2) is 18.2 Å². The molecule has 0 saturated heterocycles. The molecule has 0 aliphatic carbocycles. The molecule has 2 atom stereocenters. The predicted molar refractivity (Wildman–Crippen MR) is 75.7 cm³/mol. The van der Waals surface area contributed by atoms with Crippen LogP contribution in [0.4, 0.5) is 0 Å². The van der Waals surface area contributed by atoms with Crippen molar-refractivity contribution in [3.63, 3.8) is 0 Å². The van der Waals surface area contributed by atoms with Crippen molar-refractivity contribution in [2.24, 2.45) is 5.92 Å². The Hall–Kier alpha value is -0.860. The van der Waals surface area contributed by atoms with Gasteiger partial charge in [0.15, 0.2) is 0 Å². The Morgan fingerprint density at radius 1 is 1.00 bits per heavy atom. The van der Waals surface area contributed by atoms with Gasteiger partial charge in [0.05, 0.1) is 12.2 Å². The number of aliphatic hydroxyl groups excluding tert-OH is 2. The molecule has 0 amide bonds. The number of rotatable bonds is 6. The molecule has 102 valence electrons. The smallest absolute Gasteiger partial charge is 0.0842 e. The van der Waals surface area contributed by atoms with Crippen molar-refractivity contribution in [3.8, 4) is 0 Å². The monoisotopic (exact) mass is 250 g/mol. The standard InChI is InChI=1S/C16H26O2/c1-5-13(6-2)16(18)15(17)10-14-11(3)8-7-9-12(14)4/h7-9,13,15-18H,5-6,10H2,1-4H3. The minimum absolute atomic E-state index is 0.185. The van der Waals surface area contributed by atoms with Crippen molar-refractivity contribution in [2.75, 3.05) is 0 Å². The third kappa shape index (κ3) is 3.56. The lowest BCUT2D eigenvalue weighted by Crippen LogP contribution is -2.34. The molecule has 0 fully saturated rings. The van der Waals surface area contributed by atoms with Crippen LogP contribution in [0.1, 0.15) is 43.4 Å². The summed E-state index contributed by atoms with van der Waals surface area (Å²) in [5.74, 6) is 0.185. The van der Waals surface area contributed by atoms with Gasteiger partial charge in [0.2, 0.25) is 0 Å². The largest absolute Gasteiger partial charge is 0.390 e. The van der Waals surface area contributed by atoms with E-state index in [-0.39, 0.29) is 5.92 Å². The lowest BCUT2D eigenvalue weighted by molar-refractivity contribution is -0.0189. The van der Waals surface area contributed by atoms with Crippen molar-refractivity contribution in [3.05, 3.63) is 34.9 Å². The zero-order chi connectivity index (χ0) is 13.7. The van der Waals surface area contributed by atoms with Crippen LogP contribution in [0.2, 0.25) is 0 Å². The summed E-state index contributed by atoms with van der Waals surface area (Å²) in [6.45, 7) is 8.23. The Kier molecular flexibility index (Phi) is 5.83. The minimum Gasteiger partial charge on any atom is -0.390 e. The lowest BCUT2D eigenvalue weighted by Gasteiger charge is -2.26. The third-order valence-corrected chi connectivity index (χ3v) is 3.98. The molecule has 1 rings (SSSR count). The van der Waals surface area contributed by atoms with E-state index < -0.39 is 12.2 Å². The molecule has 0 aliphatic heterocycles. The number of benzene rings is 1. The molecule has 0 spiro atoms. The Balaban J connectivity index is 2.78. The summed E-state index contributed by atoms with van der Waals surface area (Å²) in [6, 6.07) is 6.13. The van der Waals surface area contributed by atoms with Crippen LogP contribution >= 0.6 is 0 Å². The fourth-order valence-electron chi connectivity index (χ4n) is 2.59. The molecule has 2 heteroatoms. The molecule has 0 heterocycles. The Labute approximate surface area is 111 Å². The lowest BCUT2D eigenvalue weighted by atomic mass is 9.88. The van der Waals surface area contributed by atoms with Crippen molar-refractivity contribution in [1.82, 2.24) is 0 Å². The van der Waals surface area contributed by atoms with Crippen molar-refractivity contribution >= 4 is 0 Å². The zero-order valence-electron chi connectivity index (χ0n) is 12.0. The highest BCUT2D eigenvalue weighted by Gasteiger charge is 2.24. The first-order chi connectivity index (χ1) is 8.51. The normalized spacial score (nSPS) is 14.8. The van der Waals surface area contributed by atoms with E-state index in [9.17, 15) is 10.2 Å². The maximum Gasteiger partial charge on any atom is 0.0842 e. The topological polar surface area (TPSA) is 40.5 Å². The molecular weight excluding hydrogens is 224 g/mol. The Morgan fingerprint density at radius 2 is 1.50 bits per heavy atom. The average molecular weight is 250 g/mol. The molecule has 0 saturated carbocycles. The average Bonchev–Trinajstić information content (AvgIpc) is 2.35. The number of aryl methyl sites for hydroxylation is 2. The first-order valence-electron chi connectivity index (χ1n) is 6.92. The van der Waals surface area contributed by atoms with E-state index in [1.54, 1.807) is 0 Å². The van der Waals surface area contributed by atoms with Gasteiger partial charge in [-0.1, -0.05) is 44.9 Å². The van der Waals surface area contributed by atoms with Crippen LogP contribution in [-0.4, -0.2) is 22.4 Å². The van der Waals surface area contributed by atoms with Gasteiger partial charge in [-0.2, -0.15) is 0 Å². The maximum atomic E-state index is 10.2. The molecule has 2 N–H and O–H groups in total. The van der Waals surface area contributed by atoms with Crippen LogP contribution in [-0.2, 0) is 6.42 Å². The van der Waals surface area contributed by atoms with Gasteiger partial charge in [-0.3, -0.25) is 0 Å². The molecule has 1 aromatic carbocycles. The number of hydrogen-bond acceptors (Lipinski definition) is 2. The first-order valence-corrected chi connectivity index (χ1v) is 6.92. The summed E-state index contributed by atoms with van der Waals surface area (Å²) in [6.07, 6.45) is 1.05.